The lowest BCUT2D eigenvalue weighted by Crippen LogP contribution is -2.61. The monoisotopic (exact) mass is 825 g/mol. The first-order valence-corrected chi connectivity index (χ1v) is 20.1. The van der Waals surface area contributed by atoms with Crippen LogP contribution in [-0.4, -0.2) is 49.8 Å². The quantitative estimate of drug-likeness (QED) is 0.135. The van der Waals surface area contributed by atoms with Gasteiger partial charge in [0.15, 0.2) is 0 Å². The van der Waals surface area contributed by atoms with Gasteiger partial charge in [0.25, 0.3) is 5.11 Å². The smallest absolute Gasteiger partial charge is 0.345 e. The number of aliphatic hydroxyl groups excluding tert-OH is 3. The summed E-state index contributed by atoms with van der Waals surface area (Å²) in [5.41, 5.74) is -1.25. The molecule has 0 saturated heterocycles. The van der Waals surface area contributed by atoms with E-state index in [2.05, 4.69) is 27.7 Å². The van der Waals surface area contributed by atoms with E-state index in [4.69, 9.17) is 28.2 Å². The molecule has 0 radical (unpaired) electrons. The maximum atomic E-state index is 12.8. The Balaban J connectivity index is 0.000000187. The molecular weight excluding hydrogens is 759 g/mol. The molecule has 4 heterocycles. The molecule has 2 aromatic carbocycles. The summed E-state index contributed by atoms with van der Waals surface area (Å²) in [6, 6.07) is 21.9. The second kappa shape index (κ2) is 16.8. The van der Waals surface area contributed by atoms with E-state index in [1.54, 1.807) is 12.1 Å². The van der Waals surface area contributed by atoms with E-state index in [0.717, 1.165) is 11.1 Å². The van der Waals surface area contributed by atoms with Crippen molar-refractivity contribution >= 4 is 15.6 Å². The number of benzene rings is 2. The number of hydrogen-bond acceptors (Lipinski definition) is 11. The first-order valence-electron chi connectivity index (χ1n) is 21.9. The van der Waals surface area contributed by atoms with Gasteiger partial charge >= 0.3 is 17.2 Å². The Morgan fingerprint density at radius 2 is 1.14 bits per heavy atom. The summed E-state index contributed by atoms with van der Waals surface area (Å²) in [5, 5.41) is 33.1. The predicted molar refractivity (Wildman–Crippen MR) is 225 cm³/mol. The maximum absolute atomic E-state index is 12.8. The molecule has 58 heavy (non-hydrogen) atoms. The Labute approximate surface area is 347 Å². The van der Waals surface area contributed by atoms with Crippen molar-refractivity contribution in [1.29, 1.82) is 5.11 Å². The molecule has 0 spiro atoms. The standard InChI is InChI=1S/C24H28O6.C22H26O5.H3P/c1-13(2)16-10-17-22(26)21-19(30-24(17,4)20(11-16)28-14(3)25)12-18(29-23(21)27)15-8-6-5-7-9-15;1-12(2)14-9-15-20(24)19-17(27-22(15,3)18(23)10-14)11-16(26-21(19)25)13-7-5-4-6-8-13;/h5-9,12-13,16-17,20,22,26H,10-11H2,1-4H3;4-8,11-12,14-15,18,20,23-24H,9-10H2,1-3H3;1H3/p+1/t16-,17-,20-,22-,24-;14-,15-,18-,20-,22-;/m00./s1/i;;1T3/hT. The molecule has 0 amide bonds. The molecule has 2 aliphatic heterocycles. The van der Waals surface area contributed by atoms with Crippen molar-refractivity contribution in [1.82, 2.24) is 0 Å². The van der Waals surface area contributed by atoms with Gasteiger partial charge in [-0.05, 0) is 72.9 Å². The molecular formula is C46H58O11P+. The van der Waals surface area contributed by atoms with Gasteiger partial charge in [0.1, 0.15) is 51.5 Å². The number of carbonyl (C=O) groups is 1. The van der Waals surface area contributed by atoms with Gasteiger partial charge in [-0.2, -0.15) is 0 Å². The fraction of sp³-hybridized carbons (Fsp3) is 0.500. The summed E-state index contributed by atoms with van der Waals surface area (Å²) < 4.78 is 53.5. The molecule has 12 heteroatoms. The van der Waals surface area contributed by atoms with Crippen molar-refractivity contribution in [3.8, 4) is 34.1 Å². The van der Waals surface area contributed by atoms with Crippen LogP contribution < -0.4 is 20.7 Å². The van der Waals surface area contributed by atoms with Gasteiger partial charge in [-0.1, -0.05) is 88.4 Å². The summed E-state index contributed by atoms with van der Waals surface area (Å²) in [6.07, 6.45) is -0.650. The van der Waals surface area contributed by atoms with Gasteiger partial charge in [0.05, 0.1) is 18.3 Å². The summed E-state index contributed by atoms with van der Waals surface area (Å²) in [7, 11) is -3.39. The van der Waals surface area contributed by atoms with E-state index < -0.39 is 56.5 Å². The zero-order chi connectivity index (χ0) is 45.5. The number of ether oxygens (including phenoxy) is 3. The van der Waals surface area contributed by atoms with Crippen LogP contribution in [0.25, 0.3) is 22.6 Å². The van der Waals surface area contributed by atoms with Crippen LogP contribution in [0.4, 0.5) is 0 Å². The SMILES string of the molecule is CC(=O)O[C@H]1C[C@@H](C(C)C)C[C@H]2[C@H](O)c3c(cc(-c4ccccc4)oc3=O)O[C@]12C.CC(C)[C@@H]1C[C@H](O)[C@@]2(C)Oc3cc(-c4ccccc4)oc(=O)c3[C@@H](O)[C@@H]2C1.[3H][P+]([3H])([3H])[3H]. The van der Waals surface area contributed by atoms with Crippen molar-refractivity contribution < 1.29 is 43.2 Å². The number of esters is 1. The zero-order valence-electron chi connectivity index (χ0n) is 38.1. The molecule has 10 atom stereocenters. The van der Waals surface area contributed by atoms with Crippen molar-refractivity contribution in [3.63, 3.8) is 0 Å². The van der Waals surface area contributed by atoms with E-state index in [0.29, 0.717) is 54.8 Å². The van der Waals surface area contributed by atoms with Crippen molar-refractivity contribution in [3.05, 3.63) is 105 Å². The molecule has 2 aliphatic carbocycles. The van der Waals surface area contributed by atoms with Crippen LogP contribution in [-0.2, 0) is 9.53 Å². The third kappa shape index (κ3) is 7.91. The largest absolute Gasteiger partial charge is 0.484 e. The van der Waals surface area contributed by atoms with E-state index in [1.165, 1.54) is 6.92 Å². The number of rotatable bonds is 5. The highest BCUT2D eigenvalue weighted by molar-refractivity contribution is 6.92. The normalized spacial score (nSPS) is 31.9. The predicted octanol–water partition coefficient (Wildman–Crippen LogP) is 7.43. The zero-order valence-corrected chi connectivity index (χ0v) is 35.0. The first-order chi connectivity index (χ1) is 29.0. The third-order valence-corrected chi connectivity index (χ3v) is 13.2. The van der Waals surface area contributed by atoms with Crippen LogP contribution in [0.3, 0.4) is 0 Å². The van der Waals surface area contributed by atoms with Gasteiger partial charge in [0, 0.05) is 42.0 Å². The van der Waals surface area contributed by atoms with E-state index in [-0.39, 0.29) is 46.5 Å². The van der Waals surface area contributed by atoms with Crippen molar-refractivity contribution in [2.24, 2.45) is 35.5 Å². The number of hydrogen-bond donors (Lipinski definition) is 3. The van der Waals surface area contributed by atoms with Crippen LogP contribution >= 0.6 is 9.68 Å². The van der Waals surface area contributed by atoms with Gasteiger partial charge in [-0.15, -0.1) is 0 Å². The second-order valence-electron chi connectivity index (χ2n) is 17.3. The van der Waals surface area contributed by atoms with Gasteiger partial charge < -0.3 is 38.4 Å². The number of carbonyl (C=O) groups excluding carboxylic acids is 1. The molecule has 11 nitrogen and oxygen atoms in total. The molecule has 0 unspecified atom stereocenters. The van der Waals surface area contributed by atoms with Gasteiger partial charge in [-0.3, -0.25) is 4.79 Å². The van der Waals surface area contributed by atoms with E-state index in [9.17, 15) is 29.7 Å². The van der Waals surface area contributed by atoms with Crippen molar-refractivity contribution in [2.45, 2.75) is 110 Å². The Morgan fingerprint density at radius 1 is 0.724 bits per heavy atom. The average Bonchev–Trinajstić information content (AvgIpc) is 3.18. The Hall–Kier alpha value is -4.28. The Kier molecular flexibility index (Phi) is 11.0. The topological polar surface area (TPSA) is 166 Å². The summed E-state index contributed by atoms with van der Waals surface area (Å²) >= 11 is 0. The lowest BCUT2D eigenvalue weighted by Gasteiger charge is -2.53. The van der Waals surface area contributed by atoms with E-state index >= 15 is 0 Å². The molecule has 4 aliphatic rings. The molecule has 8 rings (SSSR count). The molecule has 312 valence electrons. The van der Waals surface area contributed by atoms with Gasteiger partial charge in [0.2, 0.25) is 0 Å². The molecule has 2 fully saturated rings. The minimum Gasteiger partial charge on any atom is -0.484 e. The highest BCUT2D eigenvalue weighted by Gasteiger charge is 2.58. The highest BCUT2D eigenvalue weighted by atomic mass is 31.0. The molecule has 2 aromatic heterocycles. The van der Waals surface area contributed by atoms with E-state index in [1.807, 2.05) is 74.5 Å². The van der Waals surface area contributed by atoms with Crippen molar-refractivity contribution in [2.75, 3.05) is 0 Å². The minimum absolute atomic E-state index is 0.142. The maximum Gasteiger partial charge on any atom is 0.345 e. The fourth-order valence-corrected chi connectivity index (χ4v) is 9.48. The summed E-state index contributed by atoms with van der Waals surface area (Å²) in [5.74, 6) is 1.46. The number of aliphatic hydroxyl groups is 3. The first kappa shape index (κ1) is 38.0. The van der Waals surface area contributed by atoms with Crippen LogP contribution in [0.2, 0.25) is 0 Å². The minimum atomic E-state index is -3.39. The average molecular weight is 826 g/mol. The molecule has 2 saturated carbocycles. The fourth-order valence-electron chi connectivity index (χ4n) is 9.48. The Bertz CT molecular complexity index is 2310. The molecule has 0 bridgehead atoms. The lowest BCUT2D eigenvalue weighted by atomic mass is 9.63. The molecule has 4 aromatic rings. The lowest BCUT2D eigenvalue weighted by molar-refractivity contribution is -0.194. The van der Waals surface area contributed by atoms with Crippen LogP contribution in [0, 0.1) is 35.5 Å². The van der Waals surface area contributed by atoms with Crippen LogP contribution in [0.1, 0.15) is 97.5 Å². The Morgan fingerprint density at radius 3 is 1.57 bits per heavy atom. The third-order valence-electron chi connectivity index (χ3n) is 13.2. The summed E-state index contributed by atoms with van der Waals surface area (Å²) in [6.45, 7) is 13.5. The second-order valence-corrected chi connectivity index (χ2v) is 17.3. The summed E-state index contributed by atoms with van der Waals surface area (Å²) in [4.78, 5) is 37.3. The van der Waals surface area contributed by atoms with Crippen LogP contribution in [0.15, 0.2) is 91.2 Å². The van der Waals surface area contributed by atoms with Crippen LogP contribution in [0.5, 0.6) is 11.5 Å². The number of fused-ring (bicyclic) bond motifs is 4. The highest BCUT2D eigenvalue weighted by Crippen LogP contribution is 2.54. The molecule has 3 N–H and O–H groups in total. The van der Waals surface area contributed by atoms with Gasteiger partial charge in [-0.25, -0.2) is 9.59 Å².